The Bertz CT molecular complexity index is 816. The Labute approximate surface area is 174 Å². The zero-order chi connectivity index (χ0) is 21.7. The lowest BCUT2D eigenvalue weighted by Crippen LogP contribution is -2.41. The molecule has 2 aliphatic rings. The average molecular weight is 415 g/mol. The molecule has 0 spiro atoms. The van der Waals surface area contributed by atoms with Gasteiger partial charge in [0.1, 0.15) is 0 Å². The summed E-state index contributed by atoms with van der Waals surface area (Å²) in [5, 5.41) is 4.35. The summed E-state index contributed by atoms with van der Waals surface area (Å²) < 4.78 is 5.31. The smallest absolute Gasteiger partial charge is 0.321 e. The minimum Gasteiger partial charge on any atom is -0.447 e. The zero-order valence-corrected chi connectivity index (χ0v) is 16.8. The monoisotopic (exact) mass is 415 g/mol. The first-order valence-electron chi connectivity index (χ1n) is 10.0. The third-order valence-electron chi connectivity index (χ3n) is 5.53. The number of imide groups is 2. The first-order valence-corrected chi connectivity index (χ1v) is 10.0. The molecule has 1 saturated heterocycles. The Hall–Kier alpha value is -3.23. The molecule has 0 radical (unpaired) electrons. The molecule has 0 aromatic heterocycles. The van der Waals surface area contributed by atoms with Crippen LogP contribution < -0.4 is 10.6 Å². The summed E-state index contributed by atoms with van der Waals surface area (Å²) in [7, 11) is 1.35. The van der Waals surface area contributed by atoms with Crippen LogP contribution in [0, 0.1) is 11.8 Å². The Morgan fingerprint density at radius 2 is 1.67 bits per heavy atom. The third-order valence-corrected chi connectivity index (χ3v) is 5.53. The second kappa shape index (κ2) is 9.51. The molecule has 1 aliphatic carbocycles. The number of fused-ring (bicyclic) bond motifs is 1. The summed E-state index contributed by atoms with van der Waals surface area (Å²) in [6.07, 6.45) is 1.69. The summed E-state index contributed by atoms with van der Waals surface area (Å²) in [5.74, 6) is -2.56. The van der Waals surface area contributed by atoms with Crippen LogP contribution in [-0.2, 0) is 23.9 Å². The van der Waals surface area contributed by atoms with E-state index in [1.54, 1.807) is 30.3 Å². The Morgan fingerprint density at radius 1 is 1.07 bits per heavy atom. The van der Waals surface area contributed by atoms with Crippen LogP contribution >= 0.6 is 0 Å². The van der Waals surface area contributed by atoms with E-state index in [1.807, 2.05) is 0 Å². The van der Waals surface area contributed by atoms with Crippen molar-refractivity contribution in [2.24, 2.45) is 11.8 Å². The molecule has 0 bridgehead atoms. The van der Waals surface area contributed by atoms with Gasteiger partial charge in [0.15, 0.2) is 0 Å². The van der Waals surface area contributed by atoms with Crippen LogP contribution in [-0.4, -0.2) is 48.2 Å². The average Bonchev–Trinajstić information content (AvgIpc) is 3.01. The van der Waals surface area contributed by atoms with Crippen molar-refractivity contribution in [2.45, 2.75) is 38.2 Å². The predicted octanol–water partition coefficient (Wildman–Crippen LogP) is 1.29. The highest BCUT2D eigenvalue weighted by atomic mass is 16.5. The van der Waals surface area contributed by atoms with Gasteiger partial charge in [-0.2, -0.15) is 0 Å². The Kier molecular flexibility index (Phi) is 6.81. The molecule has 30 heavy (non-hydrogen) atoms. The number of benzene rings is 1. The molecular formula is C21H25N3O6. The lowest BCUT2D eigenvalue weighted by Gasteiger charge is -2.19. The number of amides is 5. The Balaban J connectivity index is 1.63. The van der Waals surface area contributed by atoms with Crippen molar-refractivity contribution in [2.75, 3.05) is 13.6 Å². The van der Waals surface area contributed by atoms with Crippen LogP contribution in [0.25, 0.3) is 0 Å². The van der Waals surface area contributed by atoms with E-state index in [-0.39, 0.29) is 36.6 Å². The lowest BCUT2D eigenvalue weighted by molar-refractivity contribution is -0.157. The number of urea groups is 1. The van der Waals surface area contributed by atoms with Crippen LogP contribution in [0.3, 0.4) is 0 Å². The maximum atomic E-state index is 12.5. The molecule has 0 unspecified atom stereocenters. The van der Waals surface area contributed by atoms with Crippen molar-refractivity contribution in [1.29, 1.82) is 0 Å². The van der Waals surface area contributed by atoms with E-state index in [0.717, 1.165) is 17.7 Å². The summed E-state index contributed by atoms with van der Waals surface area (Å²) in [6.45, 7) is -0.0813. The van der Waals surface area contributed by atoms with Gasteiger partial charge in [-0.1, -0.05) is 43.2 Å². The standard InChI is InChI=1S/C21H25N3O6/c1-22-21(29)23-18(26)17(13-7-3-2-4-8-13)30-16(25)11-12-24-19(27)14-9-5-6-10-15(14)20(24)28/h2-4,7-8,14-15,17H,5-6,9-12H2,1H3,(H2,22,23,26,29)/t14-,15-,17-/m0/s1. The molecule has 1 aromatic rings. The molecule has 3 atom stereocenters. The van der Waals surface area contributed by atoms with Gasteiger partial charge in [-0.05, 0) is 12.8 Å². The zero-order valence-electron chi connectivity index (χ0n) is 16.8. The van der Waals surface area contributed by atoms with Crippen LogP contribution in [0.1, 0.15) is 43.8 Å². The number of nitrogens with zero attached hydrogens (tertiary/aromatic N) is 1. The topological polar surface area (TPSA) is 122 Å². The SMILES string of the molecule is CNC(=O)NC(=O)[C@@H](OC(=O)CCN1C(=O)[C@H]2CCCC[C@@H]2C1=O)c1ccccc1. The molecule has 1 aromatic carbocycles. The molecule has 5 amide bonds. The fourth-order valence-corrected chi connectivity index (χ4v) is 3.99. The van der Waals surface area contributed by atoms with Gasteiger partial charge in [0.25, 0.3) is 5.91 Å². The van der Waals surface area contributed by atoms with Crippen LogP contribution in [0.5, 0.6) is 0 Å². The number of hydrogen-bond acceptors (Lipinski definition) is 6. The number of hydrogen-bond donors (Lipinski definition) is 2. The molecular weight excluding hydrogens is 390 g/mol. The number of carbonyl (C=O) groups excluding carboxylic acids is 5. The summed E-state index contributed by atoms with van der Waals surface area (Å²) in [5.41, 5.74) is 0.395. The molecule has 1 aliphatic heterocycles. The minimum atomic E-state index is -1.33. The van der Waals surface area contributed by atoms with E-state index >= 15 is 0 Å². The highest BCUT2D eigenvalue weighted by Crippen LogP contribution is 2.38. The molecule has 160 valence electrons. The lowest BCUT2D eigenvalue weighted by atomic mass is 9.81. The van der Waals surface area contributed by atoms with E-state index in [9.17, 15) is 24.0 Å². The summed E-state index contributed by atoms with van der Waals surface area (Å²) in [4.78, 5) is 62.5. The first kappa shape index (κ1) is 21.5. The highest BCUT2D eigenvalue weighted by Gasteiger charge is 2.47. The Morgan fingerprint density at radius 3 is 2.23 bits per heavy atom. The van der Waals surface area contributed by atoms with E-state index in [0.29, 0.717) is 18.4 Å². The van der Waals surface area contributed by atoms with Crippen molar-refractivity contribution >= 4 is 29.7 Å². The normalized spacial score (nSPS) is 21.6. The molecule has 9 heteroatoms. The van der Waals surface area contributed by atoms with E-state index in [4.69, 9.17) is 4.74 Å². The largest absolute Gasteiger partial charge is 0.447 e. The van der Waals surface area contributed by atoms with Gasteiger partial charge in [0.2, 0.25) is 17.9 Å². The number of ether oxygens (including phenoxy) is 1. The minimum absolute atomic E-state index is 0.0813. The third kappa shape index (κ3) is 4.67. The second-order valence-electron chi connectivity index (χ2n) is 7.42. The van der Waals surface area contributed by atoms with Crippen molar-refractivity contribution in [3.63, 3.8) is 0 Å². The number of nitrogens with one attached hydrogen (secondary N) is 2. The van der Waals surface area contributed by atoms with Gasteiger partial charge in [0.05, 0.1) is 18.3 Å². The van der Waals surface area contributed by atoms with Gasteiger partial charge in [-0.3, -0.25) is 29.4 Å². The van der Waals surface area contributed by atoms with E-state index in [1.165, 1.54) is 7.05 Å². The summed E-state index contributed by atoms with van der Waals surface area (Å²) >= 11 is 0. The number of carbonyl (C=O) groups is 5. The first-order chi connectivity index (χ1) is 14.4. The van der Waals surface area contributed by atoms with Gasteiger partial charge < -0.3 is 10.1 Å². The quantitative estimate of drug-likeness (QED) is 0.533. The van der Waals surface area contributed by atoms with Crippen molar-refractivity contribution in [1.82, 2.24) is 15.5 Å². The van der Waals surface area contributed by atoms with E-state index in [2.05, 4.69) is 10.6 Å². The van der Waals surface area contributed by atoms with Gasteiger partial charge in [-0.25, -0.2) is 4.79 Å². The van der Waals surface area contributed by atoms with Gasteiger partial charge >= 0.3 is 12.0 Å². The number of likely N-dealkylation sites (tertiary alicyclic amines) is 1. The van der Waals surface area contributed by atoms with E-state index < -0.39 is 24.0 Å². The molecule has 1 saturated carbocycles. The molecule has 9 nitrogen and oxygen atoms in total. The maximum Gasteiger partial charge on any atom is 0.321 e. The van der Waals surface area contributed by atoms with Crippen LogP contribution in [0.15, 0.2) is 30.3 Å². The molecule has 2 N–H and O–H groups in total. The van der Waals surface area contributed by atoms with Crippen LogP contribution in [0.4, 0.5) is 4.79 Å². The molecule has 2 fully saturated rings. The number of rotatable bonds is 6. The van der Waals surface area contributed by atoms with Crippen LogP contribution in [0.2, 0.25) is 0 Å². The fraction of sp³-hybridized carbons (Fsp3) is 0.476. The maximum absolute atomic E-state index is 12.5. The molecule has 3 rings (SSSR count). The van der Waals surface area contributed by atoms with Gasteiger partial charge in [-0.15, -0.1) is 0 Å². The number of esters is 1. The second-order valence-corrected chi connectivity index (χ2v) is 7.42. The van der Waals surface area contributed by atoms with Crippen molar-refractivity contribution in [3.05, 3.63) is 35.9 Å². The predicted molar refractivity (Wildman–Crippen MR) is 105 cm³/mol. The van der Waals surface area contributed by atoms with Gasteiger partial charge in [0, 0.05) is 19.2 Å². The van der Waals surface area contributed by atoms with Crippen molar-refractivity contribution < 1.29 is 28.7 Å². The van der Waals surface area contributed by atoms with Crippen molar-refractivity contribution in [3.8, 4) is 0 Å². The highest BCUT2D eigenvalue weighted by molar-refractivity contribution is 6.05. The summed E-state index contributed by atoms with van der Waals surface area (Å²) in [6, 6.07) is 7.55. The fourth-order valence-electron chi connectivity index (χ4n) is 3.99. The molecule has 1 heterocycles.